The molecule has 1 nitrogen and oxygen atoms in total. The molecule has 0 aliphatic carbocycles. The Balaban J connectivity index is -0.000000337. The van der Waals surface area contributed by atoms with Crippen LogP contribution >= 0.6 is 0 Å². The van der Waals surface area contributed by atoms with Crippen molar-refractivity contribution in [1.29, 1.82) is 0 Å². The molecule has 0 saturated heterocycles. The first-order valence-corrected chi connectivity index (χ1v) is 21.2. The average Bonchev–Trinajstić information content (AvgIpc) is 3.10. The van der Waals surface area contributed by atoms with Crippen molar-refractivity contribution in [2.24, 2.45) is 0 Å². The van der Waals surface area contributed by atoms with Gasteiger partial charge in [0.05, 0.1) is 0 Å². The van der Waals surface area contributed by atoms with Gasteiger partial charge < -0.3 is 4.90 Å². The van der Waals surface area contributed by atoms with E-state index in [2.05, 4.69) is 65.0 Å². The molecular formula is C45H95N. The summed E-state index contributed by atoms with van der Waals surface area (Å²) in [6, 6.07) is 0. The highest BCUT2D eigenvalue weighted by Gasteiger charge is 2.04. The second kappa shape index (κ2) is 59.6. The Labute approximate surface area is 297 Å². The van der Waals surface area contributed by atoms with Crippen LogP contribution in [0.5, 0.6) is 0 Å². The molecule has 46 heavy (non-hydrogen) atoms. The summed E-state index contributed by atoms with van der Waals surface area (Å²) >= 11 is 0. The molecule has 0 atom stereocenters. The fourth-order valence-corrected chi connectivity index (χ4v) is 5.53. The van der Waals surface area contributed by atoms with Crippen molar-refractivity contribution in [1.82, 2.24) is 4.90 Å². The van der Waals surface area contributed by atoms with Crippen LogP contribution in [-0.4, -0.2) is 24.5 Å². The second-order valence-electron chi connectivity index (χ2n) is 12.6. The van der Waals surface area contributed by atoms with Gasteiger partial charge in [0, 0.05) is 0 Å². The monoisotopic (exact) mass is 650 g/mol. The number of nitrogens with zero attached hydrogens (tertiary/aromatic N) is 1. The molecule has 1 heteroatoms. The zero-order valence-electron chi connectivity index (χ0n) is 34.3. The minimum Gasteiger partial charge on any atom is -0.303 e. The molecule has 0 aromatic carbocycles. The molecule has 0 amide bonds. The van der Waals surface area contributed by atoms with E-state index in [9.17, 15) is 0 Å². The summed E-state index contributed by atoms with van der Waals surface area (Å²) in [6.07, 6.45) is 40.7. The van der Waals surface area contributed by atoms with E-state index in [0.717, 1.165) is 0 Å². The topological polar surface area (TPSA) is 3.24 Å². The lowest BCUT2D eigenvalue weighted by Crippen LogP contribution is -2.27. The second-order valence-corrected chi connectivity index (χ2v) is 12.6. The standard InChI is InChI=1S/C31H61N.C8H18.2C2H6.C2H4/c1-5-8-10-12-14-15-18-22-26-31(4)27-23-19-17-21-25-30-32(28-7-3)29-24-20-16-13-11-9-6-2;1-3-5-7-8-6-4-2;3*1-2/h6H,2,4-5,7-30H2,1,3H3;3-8H2,1-2H3;2*1-2H3;1-2H2. The van der Waals surface area contributed by atoms with Gasteiger partial charge in [-0.1, -0.05) is 196 Å². The molecule has 0 aromatic heterocycles. The molecule has 0 aliphatic heterocycles. The maximum Gasteiger partial charge on any atom is -0.00187 e. The van der Waals surface area contributed by atoms with Gasteiger partial charge >= 0.3 is 0 Å². The van der Waals surface area contributed by atoms with Crippen LogP contribution in [0.3, 0.4) is 0 Å². The van der Waals surface area contributed by atoms with Crippen molar-refractivity contribution in [3.05, 3.63) is 38.0 Å². The van der Waals surface area contributed by atoms with Crippen LogP contribution in [-0.2, 0) is 0 Å². The van der Waals surface area contributed by atoms with E-state index in [-0.39, 0.29) is 0 Å². The lowest BCUT2D eigenvalue weighted by Gasteiger charge is -2.21. The quantitative estimate of drug-likeness (QED) is 0.0518. The van der Waals surface area contributed by atoms with E-state index in [1.807, 2.05) is 27.7 Å². The van der Waals surface area contributed by atoms with Crippen molar-refractivity contribution in [3.63, 3.8) is 0 Å². The summed E-state index contributed by atoms with van der Waals surface area (Å²) in [5.74, 6) is 0. The van der Waals surface area contributed by atoms with Crippen LogP contribution in [0, 0.1) is 0 Å². The maximum absolute atomic E-state index is 4.34. The SMILES string of the molecule is C=C.C=CCCCCCCCN(CCC)CCCCCCCC(=C)CCCCCCCCCC.CC.CC.CCCCCCCC. The third-order valence-corrected chi connectivity index (χ3v) is 8.27. The molecule has 280 valence electrons. The van der Waals surface area contributed by atoms with E-state index < -0.39 is 0 Å². The van der Waals surface area contributed by atoms with Crippen LogP contribution < -0.4 is 0 Å². The highest BCUT2D eigenvalue weighted by Crippen LogP contribution is 2.17. The molecule has 0 spiro atoms. The Morgan fingerprint density at radius 1 is 0.413 bits per heavy atom. The zero-order valence-corrected chi connectivity index (χ0v) is 34.3. The van der Waals surface area contributed by atoms with Crippen LogP contribution in [0.15, 0.2) is 38.0 Å². The van der Waals surface area contributed by atoms with Crippen molar-refractivity contribution < 1.29 is 0 Å². The third-order valence-electron chi connectivity index (χ3n) is 8.27. The van der Waals surface area contributed by atoms with Gasteiger partial charge in [0.1, 0.15) is 0 Å². The zero-order chi connectivity index (χ0) is 35.8. The Kier molecular flexibility index (Phi) is 70.8. The first-order chi connectivity index (χ1) is 22.7. The van der Waals surface area contributed by atoms with Crippen LogP contribution in [0.25, 0.3) is 0 Å². The van der Waals surface area contributed by atoms with E-state index >= 15 is 0 Å². The third kappa shape index (κ3) is 58.7. The smallest absolute Gasteiger partial charge is 0.00187 e. The van der Waals surface area contributed by atoms with Gasteiger partial charge in [-0.3, -0.25) is 0 Å². The maximum atomic E-state index is 4.34. The lowest BCUT2D eigenvalue weighted by atomic mass is 10.0. The minimum absolute atomic E-state index is 1.19. The summed E-state index contributed by atoms with van der Waals surface area (Å²) in [6.45, 7) is 35.2. The van der Waals surface area contributed by atoms with Crippen molar-refractivity contribution in [2.45, 2.75) is 235 Å². The first kappa shape index (κ1) is 54.6. The molecule has 0 heterocycles. The van der Waals surface area contributed by atoms with E-state index in [1.54, 1.807) is 0 Å². The lowest BCUT2D eigenvalue weighted by molar-refractivity contribution is 0.260. The van der Waals surface area contributed by atoms with Crippen LogP contribution in [0.1, 0.15) is 235 Å². The van der Waals surface area contributed by atoms with Crippen LogP contribution in [0.2, 0.25) is 0 Å². The largest absolute Gasteiger partial charge is 0.303 e. The summed E-state index contributed by atoms with van der Waals surface area (Å²) < 4.78 is 0. The van der Waals surface area contributed by atoms with Crippen molar-refractivity contribution >= 4 is 0 Å². The molecule has 0 aromatic rings. The normalized spacial score (nSPS) is 9.93. The number of hydrogen-bond acceptors (Lipinski definition) is 1. The molecule has 0 aliphatic rings. The van der Waals surface area contributed by atoms with Gasteiger partial charge in [0.25, 0.3) is 0 Å². The van der Waals surface area contributed by atoms with Gasteiger partial charge in [-0.15, -0.1) is 19.7 Å². The minimum atomic E-state index is 1.19. The number of unbranched alkanes of at least 4 members (excludes halogenated alkanes) is 21. The van der Waals surface area contributed by atoms with Gasteiger partial charge in [-0.05, 0) is 77.4 Å². The van der Waals surface area contributed by atoms with E-state index in [1.165, 1.54) is 205 Å². The predicted molar refractivity (Wildman–Crippen MR) is 222 cm³/mol. The molecule has 0 rings (SSSR count). The molecular weight excluding hydrogens is 555 g/mol. The Morgan fingerprint density at radius 3 is 1.04 bits per heavy atom. The average molecular weight is 650 g/mol. The molecule has 0 unspecified atom stereocenters. The summed E-state index contributed by atoms with van der Waals surface area (Å²) in [5, 5.41) is 0. The van der Waals surface area contributed by atoms with Crippen molar-refractivity contribution in [3.8, 4) is 0 Å². The van der Waals surface area contributed by atoms with Gasteiger partial charge in [-0.25, -0.2) is 0 Å². The number of allylic oxidation sites excluding steroid dienone is 2. The van der Waals surface area contributed by atoms with Gasteiger partial charge in [0.2, 0.25) is 0 Å². The Morgan fingerprint density at radius 2 is 0.717 bits per heavy atom. The Bertz CT molecular complexity index is 475. The molecule has 0 N–H and O–H groups in total. The summed E-state index contributed by atoms with van der Waals surface area (Å²) in [5.41, 5.74) is 1.51. The van der Waals surface area contributed by atoms with E-state index in [0.29, 0.717) is 0 Å². The molecule has 0 bridgehead atoms. The summed E-state index contributed by atoms with van der Waals surface area (Å²) in [4.78, 5) is 2.72. The number of hydrogen-bond donors (Lipinski definition) is 0. The van der Waals surface area contributed by atoms with Crippen molar-refractivity contribution in [2.75, 3.05) is 19.6 Å². The van der Waals surface area contributed by atoms with Gasteiger partial charge in [0.15, 0.2) is 0 Å². The van der Waals surface area contributed by atoms with Crippen LogP contribution in [0.4, 0.5) is 0 Å². The molecule has 0 fully saturated rings. The first-order valence-electron chi connectivity index (χ1n) is 21.2. The fourth-order valence-electron chi connectivity index (χ4n) is 5.53. The Hall–Kier alpha value is -0.820. The summed E-state index contributed by atoms with van der Waals surface area (Å²) in [7, 11) is 0. The molecule has 0 radical (unpaired) electrons. The van der Waals surface area contributed by atoms with Gasteiger partial charge in [-0.2, -0.15) is 0 Å². The predicted octanol–water partition coefficient (Wildman–Crippen LogP) is 16.9. The highest BCUT2D eigenvalue weighted by molar-refractivity contribution is 4.93. The molecule has 0 saturated carbocycles. The fraction of sp³-hybridized carbons (Fsp3) is 0.867. The van der Waals surface area contributed by atoms with E-state index in [4.69, 9.17) is 0 Å². The highest BCUT2D eigenvalue weighted by atomic mass is 15.1. The number of rotatable bonds is 32.